The van der Waals surface area contributed by atoms with Crippen LogP contribution in [0.1, 0.15) is 29.2 Å². The van der Waals surface area contributed by atoms with Gasteiger partial charge in [0.15, 0.2) is 0 Å². The van der Waals surface area contributed by atoms with Gasteiger partial charge in [0.25, 0.3) is 0 Å². The first-order valence-corrected chi connectivity index (χ1v) is 8.47. The molecule has 0 bridgehead atoms. The maximum absolute atomic E-state index is 13.1. The molecule has 2 rings (SSSR count). The van der Waals surface area contributed by atoms with Crippen molar-refractivity contribution >= 4 is 17.7 Å². The Morgan fingerprint density at radius 1 is 1.12 bits per heavy atom. The zero-order valence-corrected chi connectivity index (χ0v) is 15.5. The van der Waals surface area contributed by atoms with Crippen LogP contribution in [0.2, 0.25) is 0 Å². The molecule has 0 aliphatic carbocycles. The van der Waals surface area contributed by atoms with Crippen LogP contribution in [-0.2, 0) is 12.7 Å². The third kappa shape index (κ3) is 5.00. The lowest BCUT2D eigenvalue weighted by Gasteiger charge is -2.16. The summed E-state index contributed by atoms with van der Waals surface area (Å²) < 4.78 is 39.3. The first-order chi connectivity index (χ1) is 12.2. The molecule has 0 aliphatic heterocycles. The van der Waals surface area contributed by atoms with Crippen LogP contribution in [0.5, 0.6) is 0 Å². The van der Waals surface area contributed by atoms with Crippen LogP contribution in [0.4, 0.5) is 24.5 Å². The summed E-state index contributed by atoms with van der Waals surface area (Å²) in [5.41, 5.74) is 3.18. The Kier molecular flexibility index (Phi) is 6.29. The average molecular weight is 363 g/mol. The molecule has 0 unspecified atom stereocenters. The molecule has 3 nitrogen and oxygen atoms in total. The first-order valence-electron chi connectivity index (χ1n) is 8.47. The number of aryl methyl sites for hydroxylation is 2. The van der Waals surface area contributed by atoms with E-state index < -0.39 is 11.7 Å². The van der Waals surface area contributed by atoms with E-state index in [1.165, 1.54) is 12.1 Å². The summed E-state index contributed by atoms with van der Waals surface area (Å²) in [7, 11) is 1.94. The highest BCUT2D eigenvalue weighted by Crippen LogP contribution is 2.33. The molecule has 0 radical (unpaired) electrons. The number of aliphatic imine (C=N–C) groups is 1. The second kappa shape index (κ2) is 8.25. The van der Waals surface area contributed by atoms with Gasteiger partial charge >= 0.3 is 6.18 Å². The number of nitrogens with one attached hydrogen (secondary N) is 1. The molecule has 0 atom stereocenters. The quantitative estimate of drug-likeness (QED) is 0.538. The minimum atomic E-state index is -4.35. The lowest BCUT2D eigenvalue weighted by molar-refractivity contribution is -0.138. The van der Waals surface area contributed by atoms with E-state index in [0.717, 1.165) is 35.1 Å². The fourth-order valence-corrected chi connectivity index (χ4v) is 2.51. The zero-order chi connectivity index (χ0) is 19.3. The molecule has 1 N–H and O–H groups in total. The molecule has 0 saturated carbocycles. The molecule has 0 spiro atoms. The van der Waals surface area contributed by atoms with E-state index in [9.17, 15) is 13.2 Å². The minimum Gasteiger partial charge on any atom is -0.381 e. The smallest absolute Gasteiger partial charge is 0.381 e. The molecule has 0 saturated heterocycles. The van der Waals surface area contributed by atoms with Crippen LogP contribution in [0.3, 0.4) is 0 Å². The molecule has 2 aromatic carbocycles. The van der Waals surface area contributed by atoms with Crippen molar-refractivity contribution in [2.75, 3.05) is 18.9 Å². The summed E-state index contributed by atoms with van der Waals surface area (Å²) in [4.78, 5) is 6.43. The van der Waals surface area contributed by atoms with Crippen LogP contribution in [-0.4, -0.2) is 24.8 Å². The van der Waals surface area contributed by atoms with Crippen LogP contribution in [0.15, 0.2) is 41.4 Å². The van der Waals surface area contributed by atoms with Gasteiger partial charge in [0, 0.05) is 25.8 Å². The van der Waals surface area contributed by atoms with E-state index in [4.69, 9.17) is 0 Å². The summed E-state index contributed by atoms with van der Waals surface area (Å²) in [6.07, 6.45) is -2.58. The van der Waals surface area contributed by atoms with E-state index >= 15 is 0 Å². The van der Waals surface area contributed by atoms with Gasteiger partial charge in [-0.05, 0) is 55.7 Å². The Morgan fingerprint density at radius 3 is 2.46 bits per heavy atom. The SMILES string of the molecule is CCN(C)C=Nc1cc(C)c(NCc2ccccc2C(F)(F)F)cc1C. The summed E-state index contributed by atoms with van der Waals surface area (Å²) >= 11 is 0. The standard InChI is InChI=1S/C20H24F3N3/c1-5-26(4)13-25-19-11-14(2)18(10-15(19)3)24-12-16-8-6-7-9-17(16)20(21,22)23/h6-11,13,24H,5,12H2,1-4H3. The molecule has 140 valence electrons. The lowest BCUT2D eigenvalue weighted by Crippen LogP contribution is -2.14. The van der Waals surface area contributed by atoms with Crippen LogP contribution < -0.4 is 5.32 Å². The van der Waals surface area contributed by atoms with Crippen molar-refractivity contribution in [2.45, 2.75) is 33.5 Å². The van der Waals surface area contributed by atoms with E-state index in [1.54, 1.807) is 12.4 Å². The average Bonchev–Trinajstić information content (AvgIpc) is 2.60. The van der Waals surface area contributed by atoms with Crippen LogP contribution >= 0.6 is 0 Å². The second-order valence-corrected chi connectivity index (χ2v) is 6.28. The highest BCUT2D eigenvalue weighted by molar-refractivity contribution is 5.67. The number of benzene rings is 2. The lowest BCUT2D eigenvalue weighted by atomic mass is 10.1. The molecule has 26 heavy (non-hydrogen) atoms. The summed E-state index contributed by atoms with van der Waals surface area (Å²) in [5, 5.41) is 3.12. The molecule has 0 fully saturated rings. The van der Waals surface area contributed by atoms with Crippen molar-refractivity contribution in [3.05, 3.63) is 58.7 Å². The van der Waals surface area contributed by atoms with E-state index in [2.05, 4.69) is 10.3 Å². The van der Waals surface area contributed by atoms with Crippen molar-refractivity contribution < 1.29 is 13.2 Å². The first kappa shape index (κ1) is 19.8. The van der Waals surface area contributed by atoms with Crippen LogP contribution in [0.25, 0.3) is 0 Å². The van der Waals surface area contributed by atoms with Gasteiger partial charge in [0.1, 0.15) is 0 Å². The number of nitrogens with zero attached hydrogens (tertiary/aromatic N) is 2. The largest absolute Gasteiger partial charge is 0.416 e. The summed E-state index contributed by atoms with van der Waals surface area (Å²) in [5.74, 6) is 0. The fraction of sp³-hybridized carbons (Fsp3) is 0.350. The maximum atomic E-state index is 13.1. The van der Waals surface area contributed by atoms with Gasteiger partial charge in [0.2, 0.25) is 0 Å². The minimum absolute atomic E-state index is 0.108. The third-order valence-electron chi connectivity index (χ3n) is 4.23. The van der Waals surface area contributed by atoms with Gasteiger partial charge in [-0.2, -0.15) is 13.2 Å². The van der Waals surface area contributed by atoms with Gasteiger partial charge in [-0.3, -0.25) is 0 Å². The predicted molar refractivity (Wildman–Crippen MR) is 101 cm³/mol. The molecule has 0 heterocycles. The van der Waals surface area contributed by atoms with Gasteiger partial charge in [-0.15, -0.1) is 0 Å². The molecular weight excluding hydrogens is 339 g/mol. The van der Waals surface area contributed by atoms with E-state index in [1.807, 2.05) is 44.9 Å². The van der Waals surface area contributed by atoms with E-state index in [-0.39, 0.29) is 12.1 Å². The number of alkyl halides is 3. The van der Waals surface area contributed by atoms with Crippen molar-refractivity contribution in [3.8, 4) is 0 Å². The van der Waals surface area contributed by atoms with Gasteiger partial charge in [0.05, 0.1) is 17.6 Å². The van der Waals surface area contributed by atoms with Crippen molar-refractivity contribution in [1.82, 2.24) is 4.90 Å². The molecule has 0 amide bonds. The second-order valence-electron chi connectivity index (χ2n) is 6.28. The number of hydrogen-bond donors (Lipinski definition) is 1. The molecule has 2 aromatic rings. The molecule has 0 aliphatic rings. The highest BCUT2D eigenvalue weighted by atomic mass is 19.4. The van der Waals surface area contributed by atoms with Crippen molar-refractivity contribution in [2.24, 2.45) is 4.99 Å². The zero-order valence-electron chi connectivity index (χ0n) is 15.5. The molecule has 6 heteroatoms. The Balaban J connectivity index is 2.19. The van der Waals surface area contributed by atoms with Gasteiger partial charge in [-0.25, -0.2) is 4.99 Å². The number of hydrogen-bond acceptors (Lipinski definition) is 2. The van der Waals surface area contributed by atoms with Crippen molar-refractivity contribution in [1.29, 1.82) is 0 Å². The maximum Gasteiger partial charge on any atom is 0.416 e. The topological polar surface area (TPSA) is 27.6 Å². The molecular formula is C20H24F3N3. The normalized spacial score (nSPS) is 11.8. The van der Waals surface area contributed by atoms with Gasteiger partial charge in [-0.1, -0.05) is 18.2 Å². The highest BCUT2D eigenvalue weighted by Gasteiger charge is 2.32. The Bertz CT molecular complexity index is 782. The number of halogens is 3. The molecule has 0 aromatic heterocycles. The van der Waals surface area contributed by atoms with Gasteiger partial charge < -0.3 is 10.2 Å². The number of rotatable bonds is 6. The third-order valence-corrected chi connectivity index (χ3v) is 4.23. The monoisotopic (exact) mass is 363 g/mol. The summed E-state index contributed by atoms with van der Waals surface area (Å²) in [6, 6.07) is 9.49. The Labute approximate surface area is 152 Å². The number of anilines is 1. The van der Waals surface area contributed by atoms with Crippen molar-refractivity contribution in [3.63, 3.8) is 0 Å². The van der Waals surface area contributed by atoms with E-state index in [0.29, 0.717) is 0 Å². The van der Waals surface area contributed by atoms with Crippen LogP contribution in [0, 0.1) is 13.8 Å². The Hall–Kier alpha value is -2.50. The predicted octanol–water partition coefficient (Wildman–Crippen LogP) is 5.55. The Morgan fingerprint density at radius 2 is 1.81 bits per heavy atom. The summed E-state index contributed by atoms with van der Waals surface area (Å²) in [6.45, 7) is 6.86. The fourth-order valence-electron chi connectivity index (χ4n) is 2.51.